The minimum absolute atomic E-state index is 0.482. The molecule has 2 saturated heterocycles. The predicted molar refractivity (Wildman–Crippen MR) is 86.1 cm³/mol. The van der Waals surface area contributed by atoms with Crippen molar-refractivity contribution in [1.82, 2.24) is 19.4 Å². The summed E-state index contributed by atoms with van der Waals surface area (Å²) in [6, 6.07) is 4.56. The SMILES string of the molecule is CN1CCCC(c2nc3cccnc3n2C2CCOCC2)C1. The van der Waals surface area contributed by atoms with Gasteiger partial charge in [0.25, 0.3) is 0 Å². The smallest absolute Gasteiger partial charge is 0.160 e. The van der Waals surface area contributed by atoms with E-state index in [9.17, 15) is 0 Å². The Hall–Kier alpha value is -1.46. The lowest BCUT2D eigenvalue weighted by atomic mass is 9.97. The number of ether oxygens (including phenoxy) is 1. The van der Waals surface area contributed by atoms with Gasteiger partial charge in [-0.1, -0.05) is 0 Å². The van der Waals surface area contributed by atoms with E-state index in [-0.39, 0.29) is 0 Å². The minimum Gasteiger partial charge on any atom is -0.381 e. The molecule has 5 heteroatoms. The molecule has 0 bridgehead atoms. The van der Waals surface area contributed by atoms with Gasteiger partial charge in [-0.2, -0.15) is 0 Å². The highest BCUT2D eigenvalue weighted by atomic mass is 16.5. The van der Waals surface area contributed by atoms with Crippen LogP contribution in [0.15, 0.2) is 18.3 Å². The number of aromatic nitrogens is 3. The lowest BCUT2D eigenvalue weighted by Gasteiger charge is -2.32. The molecule has 0 radical (unpaired) electrons. The van der Waals surface area contributed by atoms with Gasteiger partial charge in [-0.3, -0.25) is 0 Å². The van der Waals surface area contributed by atoms with Crippen LogP contribution in [-0.2, 0) is 4.74 Å². The van der Waals surface area contributed by atoms with E-state index in [2.05, 4.69) is 27.6 Å². The van der Waals surface area contributed by atoms with E-state index in [1.54, 1.807) is 0 Å². The van der Waals surface area contributed by atoms with Crippen molar-refractivity contribution < 1.29 is 4.74 Å². The summed E-state index contributed by atoms with van der Waals surface area (Å²) in [5, 5.41) is 0. The van der Waals surface area contributed by atoms with Crippen molar-refractivity contribution in [2.45, 2.75) is 37.6 Å². The first-order valence-corrected chi connectivity index (χ1v) is 8.42. The molecule has 2 aliphatic heterocycles. The Balaban J connectivity index is 1.78. The Morgan fingerprint density at radius 1 is 1.23 bits per heavy atom. The number of pyridine rings is 1. The molecular formula is C17H24N4O. The molecule has 0 spiro atoms. The number of nitrogens with zero attached hydrogens (tertiary/aromatic N) is 4. The van der Waals surface area contributed by atoms with Gasteiger partial charge < -0.3 is 14.2 Å². The molecule has 2 aliphatic rings. The van der Waals surface area contributed by atoms with Gasteiger partial charge in [-0.05, 0) is 51.4 Å². The van der Waals surface area contributed by atoms with Gasteiger partial charge in [0.1, 0.15) is 11.3 Å². The summed E-state index contributed by atoms with van der Waals surface area (Å²) in [7, 11) is 2.21. The first-order valence-electron chi connectivity index (χ1n) is 8.42. The zero-order valence-electron chi connectivity index (χ0n) is 13.2. The molecule has 5 nitrogen and oxygen atoms in total. The van der Waals surface area contributed by atoms with Crippen LogP contribution in [0.4, 0.5) is 0 Å². The van der Waals surface area contributed by atoms with Gasteiger partial charge in [0, 0.05) is 37.9 Å². The number of fused-ring (bicyclic) bond motifs is 1. The van der Waals surface area contributed by atoms with Gasteiger partial charge in [0.05, 0.1) is 0 Å². The van der Waals surface area contributed by atoms with Crippen LogP contribution in [0.2, 0.25) is 0 Å². The third kappa shape index (κ3) is 2.52. The highest BCUT2D eigenvalue weighted by Gasteiger charge is 2.28. The molecule has 1 atom stereocenters. The summed E-state index contributed by atoms with van der Waals surface area (Å²) in [5.74, 6) is 1.77. The fourth-order valence-electron chi connectivity index (χ4n) is 3.92. The standard InChI is InChI=1S/C17H24N4O/c1-20-9-3-4-13(12-20)16-19-15-5-2-8-18-17(15)21(16)14-6-10-22-11-7-14/h2,5,8,13-14H,3-4,6-7,9-12H2,1H3. The monoisotopic (exact) mass is 300 g/mol. The molecule has 22 heavy (non-hydrogen) atoms. The molecule has 0 N–H and O–H groups in total. The average molecular weight is 300 g/mol. The second-order valence-corrected chi connectivity index (χ2v) is 6.63. The zero-order valence-corrected chi connectivity index (χ0v) is 13.2. The van der Waals surface area contributed by atoms with E-state index in [1.165, 1.54) is 25.2 Å². The number of imidazole rings is 1. The second kappa shape index (κ2) is 5.97. The maximum absolute atomic E-state index is 5.55. The van der Waals surface area contributed by atoms with Crippen molar-refractivity contribution in [2.24, 2.45) is 0 Å². The van der Waals surface area contributed by atoms with Crippen LogP contribution >= 0.6 is 0 Å². The second-order valence-electron chi connectivity index (χ2n) is 6.63. The van der Waals surface area contributed by atoms with Crippen LogP contribution in [-0.4, -0.2) is 52.8 Å². The topological polar surface area (TPSA) is 43.2 Å². The lowest BCUT2D eigenvalue weighted by molar-refractivity contribution is 0.0689. The first-order chi connectivity index (χ1) is 10.8. The number of hydrogen-bond acceptors (Lipinski definition) is 4. The van der Waals surface area contributed by atoms with E-state index in [4.69, 9.17) is 9.72 Å². The van der Waals surface area contributed by atoms with Crippen molar-refractivity contribution in [2.75, 3.05) is 33.4 Å². The summed E-state index contributed by atoms with van der Waals surface area (Å²) in [6.45, 7) is 4.00. The largest absolute Gasteiger partial charge is 0.381 e. The van der Waals surface area contributed by atoms with Crippen molar-refractivity contribution in [3.05, 3.63) is 24.2 Å². The van der Waals surface area contributed by atoms with Gasteiger partial charge >= 0.3 is 0 Å². The molecule has 0 amide bonds. The van der Waals surface area contributed by atoms with Crippen molar-refractivity contribution >= 4 is 11.2 Å². The zero-order chi connectivity index (χ0) is 14.9. The Bertz CT molecular complexity index is 647. The maximum Gasteiger partial charge on any atom is 0.160 e. The van der Waals surface area contributed by atoms with E-state index in [0.717, 1.165) is 43.8 Å². The molecule has 0 aliphatic carbocycles. The normalized spacial score (nSPS) is 24.9. The third-order valence-corrected chi connectivity index (χ3v) is 5.02. The van der Waals surface area contributed by atoms with E-state index in [0.29, 0.717) is 12.0 Å². The van der Waals surface area contributed by atoms with Crippen LogP contribution in [0, 0.1) is 0 Å². The fraction of sp³-hybridized carbons (Fsp3) is 0.647. The fourth-order valence-corrected chi connectivity index (χ4v) is 3.92. The minimum atomic E-state index is 0.482. The third-order valence-electron chi connectivity index (χ3n) is 5.02. The van der Waals surface area contributed by atoms with Crippen LogP contribution in [0.5, 0.6) is 0 Å². The quantitative estimate of drug-likeness (QED) is 0.855. The molecule has 1 unspecified atom stereocenters. The van der Waals surface area contributed by atoms with Crippen LogP contribution < -0.4 is 0 Å². The van der Waals surface area contributed by atoms with Crippen LogP contribution in [0.25, 0.3) is 11.2 Å². The maximum atomic E-state index is 5.55. The first kappa shape index (κ1) is 14.2. The summed E-state index contributed by atoms with van der Waals surface area (Å²) in [4.78, 5) is 12.0. The Morgan fingerprint density at radius 2 is 2.09 bits per heavy atom. The Morgan fingerprint density at radius 3 is 2.91 bits per heavy atom. The molecule has 118 valence electrons. The Labute approximate surface area is 131 Å². The molecule has 2 aromatic rings. The number of hydrogen-bond donors (Lipinski definition) is 0. The number of rotatable bonds is 2. The molecule has 0 saturated carbocycles. The molecule has 2 aromatic heterocycles. The highest BCUT2D eigenvalue weighted by molar-refractivity contribution is 5.71. The van der Waals surface area contributed by atoms with Crippen molar-refractivity contribution in [3.8, 4) is 0 Å². The van der Waals surface area contributed by atoms with E-state index >= 15 is 0 Å². The van der Waals surface area contributed by atoms with Gasteiger partial charge in [0.2, 0.25) is 0 Å². The van der Waals surface area contributed by atoms with Gasteiger partial charge in [-0.25, -0.2) is 9.97 Å². The van der Waals surface area contributed by atoms with Gasteiger partial charge in [0.15, 0.2) is 5.65 Å². The molecular weight excluding hydrogens is 276 g/mol. The van der Waals surface area contributed by atoms with E-state index < -0.39 is 0 Å². The molecule has 2 fully saturated rings. The highest BCUT2D eigenvalue weighted by Crippen LogP contribution is 2.33. The number of likely N-dealkylation sites (tertiary alicyclic amines) is 1. The molecule has 0 aromatic carbocycles. The molecule has 4 heterocycles. The van der Waals surface area contributed by atoms with Crippen molar-refractivity contribution in [3.63, 3.8) is 0 Å². The number of piperidine rings is 1. The lowest BCUT2D eigenvalue weighted by Crippen LogP contribution is -2.33. The van der Waals surface area contributed by atoms with Gasteiger partial charge in [-0.15, -0.1) is 0 Å². The van der Waals surface area contributed by atoms with Crippen LogP contribution in [0.1, 0.15) is 43.5 Å². The summed E-state index contributed by atoms with van der Waals surface area (Å²) < 4.78 is 7.98. The predicted octanol–water partition coefficient (Wildman–Crippen LogP) is 2.59. The van der Waals surface area contributed by atoms with E-state index in [1.807, 2.05) is 12.3 Å². The van der Waals surface area contributed by atoms with Crippen molar-refractivity contribution in [1.29, 1.82) is 0 Å². The summed E-state index contributed by atoms with van der Waals surface area (Å²) in [6.07, 6.45) is 6.51. The summed E-state index contributed by atoms with van der Waals surface area (Å²) in [5.41, 5.74) is 2.09. The Kier molecular flexibility index (Phi) is 3.84. The number of likely N-dealkylation sites (N-methyl/N-ethyl adjacent to an activating group) is 1. The van der Waals surface area contributed by atoms with Crippen LogP contribution in [0.3, 0.4) is 0 Å². The average Bonchev–Trinajstić information content (AvgIpc) is 2.95. The molecule has 4 rings (SSSR count). The summed E-state index contributed by atoms with van der Waals surface area (Å²) >= 11 is 0.